The van der Waals surface area contributed by atoms with Crippen LogP contribution in [0.15, 0.2) is 24.3 Å². The minimum atomic E-state index is -0.887. The molecule has 1 aromatic rings. The van der Waals surface area contributed by atoms with E-state index in [2.05, 4.69) is 0 Å². The van der Waals surface area contributed by atoms with Gasteiger partial charge in [0.15, 0.2) is 0 Å². The van der Waals surface area contributed by atoms with Crippen molar-refractivity contribution in [2.24, 2.45) is 5.92 Å². The fraction of sp³-hybridized carbons (Fsp3) is 0.400. The molecule has 1 aliphatic heterocycles. The maximum absolute atomic E-state index is 12.5. The molecule has 6 nitrogen and oxygen atoms in total. The molecule has 0 bridgehead atoms. The molecule has 0 fully saturated rings. The molecule has 1 atom stereocenters. The summed E-state index contributed by atoms with van der Waals surface area (Å²) in [6, 6.07) is 5.69. The summed E-state index contributed by atoms with van der Waals surface area (Å²) >= 11 is 0. The first-order valence-corrected chi connectivity index (χ1v) is 6.68. The molecule has 0 N–H and O–H groups in total. The third-order valence-electron chi connectivity index (χ3n) is 3.57. The van der Waals surface area contributed by atoms with Gasteiger partial charge in [0.25, 0.3) is 17.7 Å². The minimum Gasteiger partial charge on any atom is -0.274 e. The van der Waals surface area contributed by atoms with E-state index in [9.17, 15) is 14.4 Å². The van der Waals surface area contributed by atoms with Crippen LogP contribution in [0.4, 0.5) is 0 Å². The standard InChI is InChI=1S/C15H18N2O4/c1-9(2)12(15(20)16(3)21-4)17-13(18)10-7-5-6-8-11(10)14(17)19/h5-9,12H,1-4H3/t12-/m0/s1. The number of carbonyl (C=O) groups is 3. The second kappa shape index (κ2) is 5.65. The number of likely N-dealkylation sites (N-methyl/N-ethyl adjacent to an activating group) is 1. The molecule has 0 aromatic heterocycles. The molecule has 3 amide bonds. The number of benzene rings is 1. The van der Waals surface area contributed by atoms with Gasteiger partial charge in [-0.2, -0.15) is 0 Å². The van der Waals surface area contributed by atoms with Gasteiger partial charge in [-0.15, -0.1) is 0 Å². The molecule has 0 saturated carbocycles. The lowest BCUT2D eigenvalue weighted by atomic mass is 10.0. The summed E-state index contributed by atoms with van der Waals surface area (Å²) < 4.78 is 0. The van der Waals surface area contributed by atoms with E-state index in [0.717, 1.165) is 9.96 Å². The number of hydrogen-bond donors (Lipinski definition) is 0. The van der Waals surface area contributed by atoms with Crippen LogP contribution in [0.5, 0.6) is 0 Å². The van der Waals surface area contributed by atoms with E-state index in [0.29, 0.717) is 11.1 Å². The first-order valence-electron chi connectivity index (χ1n) is 6.68. The largest absolute Gasteiger partial charge is 0.274 e. The van der Waals surface area contributed by atoms with Crippen molar-refractivity contribution in [2.75, 3.05) is 14.2 Å². The van der Waals surface area contributed by atoms with E-state index in [4.69, 9.17) is 4.84 Å². The Morgan fingerprint density at radius 3 is 2.00 bits per heavy atom. The Morgan fingerprint density at radius 1 is 1.14 bits per heavy atom. The predicted molar refractivity (Wildman–Crippen MR) is 75.3 cm³/mol. The monoisotopic (exact) mass is 290 g/mol. The third kappa shape index (κ3) is 2.42. The van der Waals surface area contributed by atoms with Gasteiger partial charge >= 0.3 is 0 Å². The van der Waals surface area contributed by atoms with Gasteiger partial charge in [-0.05, 0) is 18.1 Å². The van der Waals surface area contributed by atoms with Gasteiger partial charge in [0.05, 0.1) is 18.2 Å². The zero-order valence-corrected chi connectivity index (χ0v) is 12.5. The number of imide groups is 1. The van der Waals surface area contributed by atoms with Crippen molar-refractivity contribution in [1.29, 1.82) is 0 Å². The smallest absolute Gasteiger partial charge is 0.269 e. The third-order valence-corrected chi connectivity index (χ3v) is 3.57. The van der Waals surface area contributed by atoms with Crippen LogP contribution in [0.3, 0.4) is 0 Å². The molecule has 2 rings (SSSR count). The molecule has 21 heavy (non-hydrogen) atoms. The Bertz CT molecular complexity index is 562. The Morgan fingerprint density at radius 2 is 1.62 bits per heavy atom. The van der Waals surface area contributed by atoms with Crippen molar-refractivity contribution >= 4 is 17.7 Å². The summed E-state index contributed by atoms with van der Waals surface area (Å²) in [5.74, 6) is -1.53. The van der Waals surface area contributed by atoms with Gasteiger partial charge in [-0.25, -0.2) is 5.06 Å². The molecule has 0 saturated heterocycles. The lowest BCUT2D eigenvalue weighted by molar-refractivity contribution is -0.174. The van der Waals surface area contributed by atoms with Crippen molar-refractivity contribution < 1.29 is 19.2 Å². The summed E-state index contributed by atoms with van der Waals surface area (Å²) in [4.78, 5) is 43.2. The second-order valence-electron chi connectivity index (χ2n) is 5.23. The molecule has 6 heteroatoms. The van der Waals surface area contributed by atoms with Gasteiger partial charge in [0.1, 0.15) is 6.04 Å². The SMILES string of the molecule is CON(C)C(=O)[C@H](C(C)C)N1C(=O)c2ccccc2C1=O. The predicted octanol–water partition coefficient (Wildman–Crippen LogP) is 1.33. The Labute approximate surface area is 123 Å². The number of carbonyl (C=O) groups excluding carboxylic acids is 3. The highest BCUT2D eigenvalue weighted by Crippen LogP contribution is 2.27. The molecule has 0 spiro atoms. The van der Waals surface area contributed by atoms with Crippen LogP contribution in [0, 0.1) is 5.92 Å². The van der Waals surface area contributed by atoms with Crippen molar-refractivity contribution in [1.82, 2.24) is 9.96 Å². The van der Waals surface area contributed by atoms with Crippen LogP contribution in [-0.2, 0) is 9.63 Å². The normalized spacial score (nSPS) is 15.4. The Kier molecular flexibility index (Phi) is 4.09. The summed E-state index contributed by atoms with van der Waals surface area (Å²) in [6.07, 6.45) is 0. The van der Waals surface area contributed by atoms with Crippen molar-refractivity contribution in [3.8, 4) is 0 Å². The fourth-order valence-electron chi connectivity index (χ4n) is 2.43. The van der Waals surface area contributed by atoms with Crippen molar-refractivity contribution in [3.05, 3.63) is 35.4 Å². The molecule has 0 radical (unpaired) electrons. The van der Waals surface area contributed by atoms with Gasteiger partial charge in [-0.1, -0.05) is 26.0 Å². The van der Waals surface area contributed by atoms with E-state index in [-0.39, 0.29) is 5.92 Å². The number of rotatable bonds is 4. The van der Waals surface area contributed by atoms with Gasteiger partial charge in [0.2, 0.25) is 0 Å². The van der Waals surface area contributed by atoms with Crippen LogP contribution in [0.2, 0.25) is 0 Å². The number of hydrogen-bond acceptors (Lipinski definition) is 4. The average molecular weight is 290 g/mol. The van der Waals surface area contributed by atoms with Gasteiger partial charge in [-0.3, -0.25) is 24.1 Å². The zero-order valence-electron chi connectivity index (χ0n) is 12.5. The Hall–Kier alpha value is -2.21. The van der Waals surface area contributed by atoms with Gasteiger partial charge in [0, 0.05) is 7.05 Å². The molecular weight excluding hydrogens is 272 g/mol. The van der Waals surface area contributed by atoms with E-state index >= 15 is 0 Å². The molecule has 0 aliphatic carbocycles. The maximum Gasteiger partial charge on any atom is 0.269 e. The highest BCUT2D eigenvalue weighted by molar-refractivity contribution is 6.22. The quantitative estimate of drug-likeness (QED) is 0.619. The molecule has 1 heterocycles. The summed E-state index contributed by atoms with van der Waals surface area (Å²) in [5.41, 5.74) is 0.669. The molecule has 0 unspecified atom stereocenters. The highest BCUT2D eigenvalue weighted by Gasteiger charge is 2.44. The molecular formula is C15H18N2O4. The summed E-state index contributed by atoms with van der Waals surface area (Å²) in [5, 5.41) is 1.04. The van der Waals surface area contributed by atoms with E-state index < -0.39 is 23.8 Å². The van der Waals surface area contributed by atoms with Gasteiger partial charge < -0.3 is 0 Å². The molecule has 112 valence electrons. The number of hydroxylamine groups is 2. The molecule has 1 aliphatic rings. The van der Waals surface area contributed by atoms with E-state index in [1.807, 2.05) is 0 Å². The highest BCUT2D eigenvalue weighted by atomic mass is 16.7. The van der Waals surface area contributed by atoms with Crippen molar-refractivity contribution in [3.63, 3.8) is 0 Å². The first-order chi connectivity index (χ1) is 9.90. The first kappa shape index (κ1) is 15.2. The fourth-order valence-corrected chi connectivity index (χ4v) is 2.43. The zero-order chi connectivity index (χ0) is 15.7. The maximum atomic E-state index is 12.5. The number of fused-ring (bicyclic) bond motifs is 1. The van der Waals surface area contributed by atoms with Crippen LogP contribution in [0.25, 0.3) is 0 Å². The number of nitrogens with zero attached hydrogens (tertiary/aromatic N) is 2. The lowest BCUT2D eigenvalue weighted by Gasteiger charge is -2.30. The van der Waals surface area contributed by atoms with Crippen LogP contribution >= 0.6 is 0 Å². The molecule has 1 aromatic carbocycles. The van der Waals surface area contributed by atoms with E-state index in [1.54, 1.807) is 38.1 Å². The van der Waals surface area contributed by atoms with E-state index in [1.165, 1.54) is 14.2 Å². The summed E-state index contributed by atoms with van der Waals surface area (Å²) in [7, 11) is 2.81. The average Bonchev–Trinajstić information content (AvgIpc) is 2.72. The lowest BCUT2D eigenvalue weighted by Crippen LogP contribution is -2.52. The van der Waals surface area contributed by atoms with Crippen LogP contribution < -0.4 is 0 Å². The minimum absolute atomic E-state index is 0.225. The summed E-state index contributed by atoms with van der Waals surface area (Å²) in [6.45, 7) is 3.57. The number of amides is 3. The van der Waals surface area contributed by atoms with Crippen LogP contribution in [-0.4, -0.2) is 47.9 Å². The van der Waals surface area contributed by atoms with Crippen molar-refractivity contribution in [2.45, 2.75) is 19.9 Å². The van der Waals surface area contributed by atoms with Crippen LogP contribution in [0.1, 0.15) is 34.6 Å². The second-order valence-corrected chi connectivity index (χ2v) is 5.23. The Balaban J connectivity index is 2.42. The topological polar surface area (TPSA) is 66.9 Å².